The van der Waals surface area contributed by atoms with Crippen LogP contribution in [0.25, 0.3) is 0 Å². The lowest BCUT2D eigenvalue weighted by Crippen LogP contribution is -2.38. The fourth-order valence-corrected chi connectivity index (χ4v) is 3.54. The fraction of sp³-hybridized carbons (Fsp3) is 1.00. The minimum absolute atomic E-state index is 0.521. The molecule has 1 heterocycles. The van der Waals surface area contributed by atoms with Gasteiger partial charge >= 0.3 is 0 Å². The molecule has 0 aromatic heterocycles. The SMILES string of the molecule is C1CNCC(OC2CC3CCC2C3)C1. The molecule has 0 amide bonds. The molecule has 0 radical (unpaired) electrons. The molecule has 2 nitrogen and oxygen atoms in total. The molecule has 0 aromatic carbocycles. The maximum Gasteiger partial charge on any atom is 0.0703 e. The zero-order chi connectivity index (χ0) is 9.38. The molecule has 0 aromatic rings. The van der Waals surface area contributed by atoms with E-state index in [9.17, 15) is 0 Å². The van der Waals surface area contributed by atoms with E-state index in [1.807, 2.05) is 0 Å². The van der Waals surface area contributed by atoms with Crippen molar-refractivity contribution in [3.63, 3.8) is 0 Å². The highest BCUT2D eigenvalue weighted by Crippen LogP contribution is 2.46. The van der Waals surface area contributed by atoms with Gasteiger partial charge in [0.25, 0.3) is 0 Å². The molecule has 1 aliphatic heterocycles. The van der Waals surface area contributed by atoms with Gasteiger partial charge in [0.1, 0.15) is 0 Å². The topological polar surface area (TPSA) is 21.3 Å². The first-order chi connectivity index (χ1) is 6.92. The van der Waals surface area contributed by atoms with E-state index in [0.29, 0.717) is 12.2 Å². The smallest absolute Gasteiger partial charge is 0.0703 e. The number of hydrogen-bond donors (Lipinski definition) is 1. The summed E-state index contributed by atoms with van der Waals surface area (Å²) in [6.07, 6.45) is 9.47. The van der Waals surface area contributed by atoms with Gasteiger partial charge in [0, 0.05) is 6.54 Å². The Kier molecular flexibility index (Phi) is 2.50. The first-order valence-electron chi connectivity index (χ1n) is 6.28. The van der Waals surface area contributed by atoms with E-state index in [1.54, 1.807) is 0 Å². The van der Waals surface area contributed by atoms with Gasteiger partial charge in [-0.3, -0.25) is 0 Å². The molecule has 1 N–H and O–H groups in total. The maximum atomic E-state index is 6.22. The summed E-state index contributed by atoms with van der Waals surface area (Å²) in [7, 11) is 0. The molecule has 14 heavy (non-hydrogen) atoms. The van der Waals surface area contributed by atoms with Crippen molar-refractivity contribution in [2.45, 2.75) is 50.7 Å². The molecule has 0 spiro atoms. The van der Waals surface area contributed by atoms with Crippen molar-refractivity contribution in [3.05, 3.63) is 0 Å². The van der Waals surface area contributed by atoms with Crippen LogP contribution in [0.2, 0.25) is 0 Å². The predicted molar refractivity (Wildman–Crippen MR) is 56.2 cm³/mol. The van der Waals surface area contributed by atoms with Crippen molar-refractivity contribution < 1.29 is 4.74 Å². The van der Waals surface area contributed by atoms with Gasteiger partial charge < -0.3 is 10.1 Å². The molecular formula is C12H21NO. The molecule has 4 unspecified atom stereocenters. The molecule has 3 fully saturated rings. The van der Waals surface area contributed by atoms with Crippen molar-refractivity contribution in [2.24, 2.45) is 11.8 Å². The Morgan fingerprint density at radius 1 is 1.07 bits per heavy atom. The molecule has 2 saturated carbocycles. The minimum Gasteiger partial charge on any atom is -0.373 e. The van der Waals surface area contributed by atoms with Crippen molar-refractivity contribution in [1.82, 2.24) is 5.32 Å². The van der Waals surface area contributed by atoms with Gasteiger partial charge in [-0.2, -0.15) is 0 Å². The van der Waals surface area contributed by atoms with E-state index >= 15 is 0 Å². The second-order valence-corrected chi connectivity index (χ2v) is 5.32. The van der Waals surface area contributed by atoms with E-state index in [1.165, 1.54) is 45.1 Å². The highest BCUT2D eigenvalue weighted by molar-refractivity contribution is 4.91. The van der Waals surface area contributed by atoms with Crippen molar-refractivity contribution >= 4 is 0 Å². The summed E-state index contributed by atoms with van der Waals surface area (Å²) in [5.41, 5.74) is 0. The molecule has 3 rings (SSSR count). The van der Waals surface area contributed by atoms with Crippen LogP contribution in [0.5, 0.6) is 0 Å². The molecule has 1 saturated heterocycles. The van der Waals surface area contributed by atoms with Crippen LogP contribution in [0.1, 0.15) is 38.5 Å². The van der Waals surface area contributed by atoms with Gasteiger partial charge in [0.2, 0.25) is 0 Å². The van der Waals surface area contributed by atoms with Gasteiger partial charge in [-0.15, -0.1) is 0 Å². The fourth-order valence-electron chi connectivity index (χ4n) is 3.54. The molecular weight excluding hydrogens is 174 g/mol. The van der Waals surface area contributed by atoms with Crippen LogP contribution < -0.4 is 5.32 Å². The second-order valence-electron chi connectivity index (χ2n) is 5.32. The molecule has 80 valence electrons. The van der Waals surface area contributed by atoms with Crippen LogP contribution >= 0.6 is 0 Å². The summed E-state index contributed by atoms with van der Waals surface area (Å²) >= 11 is 0. The van der Waals surface area contributed by atoms with Crippen LogP contribution in [0.4, 0.5) is 0 Å². The molecule has 2 bridgehead atoms. The van der Waals surface area contributed by atoms with Crippen LogP contribution in [0, 0.1) is 11.8 Å². The molecule has 4 atom stereocenters. The van der Waals surface area contributed by atoms with Crippen LogP contribution in [-0.4, -0.2) is 25.3 Å². The normalized spacial score (nSPS) is 47.1. The Labute approximate surface area is 86.4 Å². The Morgan fingerprint density at radius 2 is 2.07 bits per heavy atom. The number of fused-ring (bicyclic) bond motifs is 2. The monoisotopic (exact) mass is 195 g/mol. The Hall–Kier alpha value is -0.0800. The number of hydrogen-bond acceptors (Lipinski definition) is 2. The quantitative estimate of drug-likeness (QED) is 0.727. The average Bonchev–Trinajstić information content (AvgIpc) is 2.81. The summed E-state index contributed by atoms with van der Waals surface area (Å²) in [5.74, 6) is 1.93. The Balaban J connectivity index is 1.52. The third-order valence-electron chi connectivity index (χ3n) is 4.29. The van der Waals surface area contributed by atoms with Gasteiger partial charge in [-0.05, 0) is 56.9 Å². The first kappa shape index (κ1) is 9.17. The third-order valence-corrected chi connectivity index (χ3v) is 4.29. The Morgan fingerprint density at radius 3 is 2.71 bits per heavy atom. The zero-order valence-corrected chi connectivity index (χ0v) is 8.87. The third kappa shape index (κ3) is 1.70. The molecule has 2 heteroatoms. The highest BCUT2D eigenvalue weighted by Gasteiger charge is 2.41. The number of ether oxygens (including phenoxy) is 1. The van der Waals surface area contributed by atoms with E-state index in [2.05, 4.69) is 5.32 Å². The largest absolute Gasteiger partial charge is 0.373 e. The lowest BCUT2D eigenvalue weighted by molar-refractivity contribution is -0.0477. The highest BCUT2D eigenvalue weighted by atomic mass is 16.5. The molecule has 2 aliphatic carbocycles. The lowest BCUT2D eigenvalue weighted by atomic mass is 9.97. The number of piperidine rings is 1. The molecule has 3 aliphatic rings. The van der Waals surface area contributed by atoms with Crippen LogP contribution in [0.3, 0.4) is 0 Å². The second kappa shape index (κ2) is 3.82. The summed E-state index contributed by atoms with van der Waals surface area (Å²) in [6.45, 7) is 2.28. The van der Waals surface area contributed by atoms with E-state index in [-0.39, 0.29) is 0 Å². The minimum atomic E-state index is 0.521. The van der Waals surface area contributed by atoms with Gasteiger partial charge in [0.05, 0.1) is 12.2 Å². The first-order valence-corrected chi connectivity index (χ1v) is 6.28. The van der Waals surface area contributed by atoms with E-state index in [4.69, 9.17) is 4.74 Å². The van der Waals surface area contributed by atoms with Crippen molar-refractivity contribution in [2.75, 3.05) is 13.1 Å². The predicted octanol–water partition coefficient (Wildman–Crippen LogP) is 1.94. The average molecular weight is 195 g/mol. The number of rotatable bonds is 2. The van der Waals surface area contributed by atoms with Crippen molar-refractivity contribution in [3.8, 4) is 0 Å². The maximum absolute atomic E-state index is 6.22. The van der Waals surface area contributed by atoms with Crippen LogP contribution in [0.15, 0.2) is 0 Å². The summed E-state index contributed by atoms with van der Waals surface area (Å²) in [4.78, 5) is 0. The zero-order valence-electron chi connectivity index (χ0n) is 8.87. The summed E-state index contributed by atoms with van der Waals surface area (Å²) < 4.78 is 6.22. The van der Waals surface area contributed by atoms with E-state index < -0.39 is 0 Å². The number of nitrogens with one attached hydrogen (secondary N) is 1. The Bertz CT molecular complexity index is 200. The van der Waals surface area contributed by atoms with E-state index in [0.717, 1.165) is 18.4 Å². The summed E-state index contributed by atoms with van der Waals surface area (Å²) in [6, 6.07) is 0. The summed E-state index contributed by atoms with van der Waals surface area (Å²) in [5, 5.41) is 3.43. The lowest BCUT2D eigenvalue weighted by Gasteiger charge is -2.30. The van der Waals surface area contributed by atoms with Gasteiger partial charge in [-0.25, -0.2) is 0 Å². The standard InChI is InChI=1S/C12H21NO/c1-2-11(8-13-5-1)14-12-7-9-3-4-10(12)6-9/h9-13H,1-8H2. The van der Waals surface area contributed by atoms with Crippen LogP contribution in [-0.2, 0) is 4.74 Å². The van der Waals surface area contributed by atoms with Gasteiger partial charge in [0.15, 0.2) is 0 Å². The van der Waals surface area contributed by atoms with Gasteiger partial charge in [-0.1, -0.05) is 0 Å². The van der Waals surface area contributed by atoms with Crippen molar-refractivity contribution in [1.29, 1.82) is 0 Å².